The Balaban J connectivity index is 1.90. The summed E-state index contributed by atoms with van der Waals surface area (Å²) in [6, 6.07) is -0.572. The Morgan fingerprint density at radius 3 is 2.76 bits per heavy atom. The van der Waals surface area contributed by atoms with Crippen molar-refractivity contribution in [2.45, 2.75) is 57.0 Å². The van der Waals surface area contributed by atoms with Crippen LogP contribution in [0.15, 0.2) is 0 Å². The van der Waals surface area contributed by atoms with Gasteiger partial charge < -0.3 is 15.0 Å². The van der Waals surface area contributed by atoms with E-state index in [9.17, 15) is 14.4 Å². The van der Waals surface area contributed by atoms with Crippen molar-refractivity contribution in [2.24, 2.45) is 0 Å². The highest BCUT2D eigenvalue weighted by atomic mass is 32.2. The number of carbonyl (C=O) groups is 3. The first-order valence-corrected chi connectivity index (χ1v) is 8.05. The van der Waals surface area contributed by atoms with E-state index in [2.05, 4.69) is 5.32 Å². The van der Waals surface area contributed by atoms with Crippen LogP contribution >= 0.6 is 11.8 Å². The predicted molar refractivity (Wildman–Crippen MR) is 79.6 cm³/mol. The Kier molecular flexibility index (Phi) is 4.24. The molecule has 2 amide bonds. The molecular formula is C14H22N2O4S. The Morgan fingerprint density at radius 2 is 2.14 bits per heavy atom. The highest BCUT2D eigenvalue weighted by Crippen LogP contribution is 2.47. The van der Waals surface area contributed by atoms with Gasteiger partial charge in [0.25, 0.3) is 5.91 Å². The van der Waals surface area contributed by atoms with Crippen LogP contribution < -0.4 is 5.32 Å². The fraction of sp³-hybridized carbons (Fsp3) is 0.786. The number of hydrogen-bond acceptors (Lipinski definition) is 5. The zero-order valence-corrected chi connectivity index (χ0v) is 13.7. The first-order chi connectivity index (χ1) is 9.62. The number of esters is 1. The zero-order chi connectivity index (χ0) is 15.8. The average Bonchev–Trinajstić information content (AvgIpc) is 2.82. The van der Waals surface area contributed by atoms with Crippen molar-refractivity contribution in [3.05, 3.63) is 0 Å². The largest absolute Gasteiger partial charge is 0.454 e. The molecule has 0 bridgehead atoms. The topological polar surface area (TPSA) is 75.7 Å². The van der Waals surface area contributed by atoms with Crippen molar-refractivity contribution < 1.29 is 19.1 Å². The van der Waals surface area contributed by atoms with E-state index >= 15 is 0 Å². The maximum absolute atomic E-state index is 12.1. The van der Waals surface area contributed by atoms with Gasteiger partial charge in [0, 0.05) is 17.7 Å². The van der Waals surface area contributed by atoms with Crippen molar-refractivity contribution in [1.82, 2.24) is 10.2 Å². The van der Waals surface area contributed by atoms with Crippen LogP contribution in [0.3, 0.4) is 0 Å². The van der Waals surface area contributed by atoms with Gasteiger partial charge in [0.2, 0.25) is 5.91 Å². The van der Waals surface area contributed by atoms with E-state index in [4.69, 9.17) is 4.74 Å². The molecule has 21 heavy (non-hydrogen) atoms. The number of nitrogens with zero attached hydrogens (tertiary/aromatic N) is 1. The molecule has 0 aliphatic carbocycles. The van der Waals surface area contributed by atoms with Gasteiger partial charge in [0.15, 0.2) is 6.61 Å². The van der Waals surface area contributed by atoms with Crippen LogP contribution in [-0.4, -0.2) is 51.5 Å². The lowest BCUT2D eigenvalue weighted by Gasteiger charge is -2.29. The summed E-state index contributed by atoms with van der Waals surface area (Å²) in [5, 5.41) is 2.73. The molecule has 7 heteroatoms. The number of carbonyl (C=O) groups excluding carboxylic acids is 3. The molecule has 0 unspecified atom stereocenters. The SMILES string of the molecule is CC(C)(C)NC(=O)COC(=O)[C@@H]1CS[C@]2(C)CCC(=O)N12. The van der Waals surface area contributed by atoms with Crippen molar-refractivity contribution in [3.8, 4) is 0 Å². The van der Waals surface area contributed by atoms with E-state index in [-0.39, 0.29) is 28.8 Å². The summed E-state index contributed by atoms with van der Waals surface area (Å²) in [4.78, 5) is 37.1. The number of amides is 2. The lowest BCUT2D eigenvalue weighted by molar-refractivity contribution is -0.156. The summed E-state index contributed by atoms with van der Waals surface area (Å²) in [7, 11) is 0. The normalized spacial score (nSPS) is 28.5. The second-order valence-electron chi connectivity index (χ2n) is 6.67. The molecule has 2 saturated heterocycles. The fourth-order valence-electron chi connectivity index (χ4n) is 2.68. The summed E-state index contributed by atoms with van der Waals surface area (Å²) in [5.41, 5.74) is -0.365. The minimum absolute atomic E-state index is 0.0106. The van der Waals surface area contributed by atoms with Crippen molar-refractivity contribution >= 4 is 29.5 Å². The summed E-state index contributed by atoms with van der Waals surface area (Å²) in [5.74, 6) is -0.312. The third-order valence-electron chi connectivity index (χ3n) is 3.58. The lowest BCUT2D eigenvalue weighted by atomic mass is 10.1. The molecule has 0 radical (unpaired) electrons. The van der Waals surface area contributed by atoms with Crippen molar-refractivity contribution in [3.63, 3.8) is 0 Å². The lowest BCUT2D eigenvalue weighted by Crippen LogP contribution is -2.48. The van der Waals surface area contributed by atoms with Crippen LogP contribution in [0, 0.1) is 0 Å². The van der Waals surface area contributed by atoms with Gasteiger partial charge in [-0.05, 0) is 34.1 Å². The van der Waals surface area contributed by atoms with E-state index in [1.165, 1.54) is 0 Å². The molecule has 118 valence electrons. The molecule has 2 atom stereocenters. The summed E-state index contributed by atoms with van der Waals surface area (Å²) in [6.45, 7) is 7.23. The standard InChI is InChI=1S/C14H22N2O4S/c1-13(2,3)15-10(17)7-20-12(19)9-8-21-14(4)6-5-11(18)16(9)14/h9H,5-8H2,1-4H3,(H,15,17)/t9-,14+/m0/s1. The molecule has 2 heterocycles. The van der Waals surface area contributed by atoms with Crippen LogP contribution in [0.4, 0.5) is 0 Å². The molecule has 2 rings (SSSR count). The number of thioether (sulfide) groups is 1. The van der Waals surface area contributed by atoms with Crippen LogP contribution in [0.1, 0.15) is 40.5 Å². The van der Waals surface area contributed by atoms with Crippen LogP contribution in [-0.2, 0) is 19.1 Å². The van der Waals surface area contributed by atoms with Gasteiger partial charge in [0.05, 0.1) is 4.87 Å². The number of fused-ring (bicyclic) bond motifs is 1. The predicted octanol–water partition coefficient (Wildman–Crippen LogP) is 0.898. The van der Waals surface area contributed by atoms with Gasteiger partial charge in [-0.2, -0.15) is 0 Å². The highest BCUT2D eigenvalue weighted by Gasteiger charge is 2.53. The zero-order valence-electron chi connectivity index (χ0n) is 12.9. The first-order valence-electron chi connectivity index (χ1n) is 7.06. The van der Waals surface area contributed by atoms with Gasteiger partial charge in [-0.25, -0.2) is 4.79 Å². The Labute approximate surface area is 129 Å². The summed E-state index contributed by atoms with van der Waals surface area (Å²) < 4.78 is 5.08. The average molecular weight is 314 g/mol. The Morgan fingerprint density at radius 1 is 1.48 bits per heavy atom. The quantitative estimate of drug-likeness (QED) is 0.783. The monoisotopic (exact) mass is 314 g/mol. The molecule has 1 N–H and O–H groups in total. The second kappa shape index (κ2) is 5.51. The minimum Gasteiger partial charge on any atom is -0.454 e. The maximum Gasteiger partial charge on any atom is 0.330 e. The molecular weight excluding hydrogens is 292 g/mol. The van der Waals surface area contributed by atoms with E-state index < -0.39 is 12.0 Å². The smallest absolute Gasteiger partial charge is 0.330 e. The van der Waals surface area contributed by atoms with Crippen molar-refractivity contribution in [1.29, 1.82) is 0 Å². The number of hydrogen-bond donors (Lipinski definition) is 1. The third-order valence-corrected chi connectivity index (χ3v) is 5.08. The summed E-state index contributed by atoms with van der Waals surface area (Å²) >= 11 is 1.60. The number of nitrogens with one attached hydrogen (secondary N) is 1. The van der Waals surface area contributed by atoms with Crippen LogP contribution in [0.25, 0.3) is 0 Å². The number of ether oxygens (including phenoxy) is 1. The molecule has 0 aromatic heterocycles. The molecule has 0 aromatic carbocycles. The molecule has 0 spiro atoms. The fourth-order valence-corrected chi connectivity index (χ4v) is 4.10. The minimum atomic E-state index is -0.572. The highest BCUT2D eigenvalue weighted by molar-refractivity contribution is 8.01. The Hall–Kier alpha value is -1.24. The third kappa shape index (κ3) is 3.51. The summed E-state index contributed by atoms with van der Waals surface area (Å²) in [6.07, 6.45) is 1.22. The van der Waals surface area contributed by atoms with Crippen LogP contribution in [0.5, 0.6) is 0 Å². The van der Waals surface area contributed by atoms with Crippen molar-refractivity contribution in [2.75, 3.05) is 12.4 Å². The van der Waals surface area contributed by atoms with Gasteiger partial charge in [-0.1, -0.05) is 0 Å². The van der Waals surface area contributed by atoms with E-state index in [1.54, 1.807) is 16.7 Å². The van der Waals surface area contributed by atoms with Gasteiger partial charge >= 0.3 is 5.97 Å². The molecule has 6 nitrogen and oxygen atoms in total. The molecule has 2 aliphatic rings. The molecule has 0 aromatic rings. The maximum atomic E-state index is 12.1. The van der Waals surface area contributed by atoms with Gasteiger partial charge in [-0.3, -0.25) is 9.59 Å². The second-order valence-corrected chi connectivity index (χ2v) is 8.17. The van der Waals surface area contributed by atoms with E-state index in [1.807, 2.05) is 27.7 Å². The first kappa shape index (κ1) is 16.1. The van der Waals surface area contributed by atoms with E-state index in [0.717, 1.165) is 6.42 Å². The molecule has 2 fully saturated rings. The van der Waals surface area contributed by atoms with Crippen LogP contribution in [0.2, 0.25) is 0 Å². The Bertz CT molecular complexity index is 474. The van der Waals surface area contributed by atoms with E-state index in [0.29, 0.717) is 12.2 Å². The van der Waals surface area contributed by atoms with Gasteiger partial charge in [0.1, 0.15) is 6.04 Å². The molecule has 2 aliphatic heterocycles. The molecule has 0 saturated carbocycles. The van der Waals surface area contributed by atoms with Gasteiger partial charge in [-0.15, -0.1) is 11.8 Å². The number of rotatable bonds is 3.